The number of aryl methyl sites for hydroxylation is 1. The summed E-state index contributed by atoms with van der Waals surface area (Å²) in [6.07, 6.45) is 0. The molecule has 0 aliphatic heterocycles. The number of nitrogens with one attached hydrogen (secondary N) is 3. The Morgan fingerprint density at radius 3 is 2.71 bits per heavy atom. The van der Waals surface area contributed by atoms with Crippen molar-refractivity contribution in [2.75, 3.05) is 42.7 Å². The number of halogens is 1. The fourth-order valence-electron chi connectivity index (χ4n) is 1.98. The summed E-state index contributed by atoms with van der Waals surface area (Å²) in [7, 11) is 3.85. The Morgan fingerprint density at radius 1 is 1.21 bits per heavy atom. The van der Waals surface area contributed by atoms with Gasteiger partial charge in [-0.3, -0.25) is 0 Å². The predicted molar refractivity (Wildman–Crippen MR) is 98.1 cm³/mol. The topological polar surface area (TPSA) is 82.2 Å². The quantitative estimate of drug-likeness (QED) is 0.699. The van der Waals surface area contributed by atoms with Crippen LogP contribution < -0.4 is 20.9 Å². The lowest BCUT2D eigenvalue weighted by atomic mass is 10.3. The molecule has 3 N–H and O–H groups in total. The number of amides is 2. The molecule has 2 amide bonds. The third kappa shape index (κ3) is 5.58. The van der Waals surface area contributed by atoms with E-state index in [1.165, 1.54) is 0 Å². The van der Waals surface area contributed by atoms with E-state index >= 15 is 0 Å². The summed E-state index contributed by atoms with van der Waals surface area (Å²) in [5.74, 6) is 2.25. The summed E-state index contributed by atoms with van der Waals surface area (Å²) >= 11 is 5.87. The molecule has 0 spiro atoms. The number of anilines is 3. The Labute approximate surface area is 146 Å². The van der Waals surface area contributed by atoms with E-state index in [-0.39, 0.29) is 6.03 Å². The van der Waals surface area contributed by atoms with Crippen LogP contribution in [0.2, 0.25) is 5.02 Å². The van der Waals surface area contributed by atoms with Gasteiger partial charge in [0.2, 0.25) is 0 Å². The first kappa shape index (κ1) is 17.8. The number of urea groups is 1. The van der Waals surface area contributed by atoms with Crippen LogP contribution in [0.25, 0.3) is 0 Å². The molecule has 7 nitrogen and oxygen atoms in total. The lowest BCUT2D eigenvalue weighted by molar-refractivity contribution is 0.252. The fraction of sp³-hybridized carbons (Fsp3) is 0.312. The van der Waals surface area contributed by atoms with Crippen molar-refractivity contribution < 1.29 is 4.79 Å². The zero-order valence-electron chi connectivity index (χ0n) is 13.9. The second-order valence-electron chi connectivity index (χ2n) is 5.37. The number of carbonyl (C=O) groups is 1. The monoisotopic (exact) mass is 348 g/mol. The van der Waals surface area contributed by atoms with Crippen LogP contribution in [0.3, 0.4) is 0 Å². The van der Waals surface area contributed by atoms with Gasteiger partial charge in [0.1, 0.15) is 17.5 Å². The molecular formula is C16H21ClN6O. The minimum absolute atomic E-state index is 0.285. The average molecular weight is 349 g/mol. The van der Waals surface area contributed by atoms with Crippen LogP contribution in [0.15, 0.2) is 30.3 Å². The third-order valence-electron chi connectivity index (χ3n) is 3.08. The van der Waals surface area contributed by atoms with Crippen LogP contribution in [0, 0.1) is 6.92 Å². The van der Waals surface area contributed by atoms with Gasteiger partial charge in [0, 0.05) is 44.0 Å². The highest BCUT2D eigenvalue weighted by molar-refractivity contribution is 6.30. The fourth-order valence-corrected chi connectivity index (χ4v) is 2.17. The maximum absolute atomic E-state index is 11.8. The van der Waals surface area contributed by atoms with Gasteiger partial charge in [-0.1, -0.05) is 17.7 Å². The number of carbonyl (C=O) groups excluding carboxylic acids is 1. The number of aromatic nitrogens is 2. The zero-order chi connectivity index (χ0) is 17.5. The van der Waals surface area contributed by atoms with Crippen LogP contribution in [0.1, 0.15) is 5.82 Å². The van der Waals surface area contributed by atoms with Gasteiger partial charge in [-0.2, -0.15) is 0 Å². The molecule has 1 aromatic heterocycles. The van der Waals surface area contributed by atoms with E-state index in [0.717, 1.165) is 11.6 Å². The standard InChI is InChI=1S/C16H21ClN6O/c1-11-20-14(10-15(21-11)23(2)3)18-7-8-19-16(24)22-13-6-4-5-12(17)9-13/h4-6,9-10H,7-8H2,1-3H3,(H,18,20,21)(H2,19,22,24). The molecule has 0 atom stereocenters. The molecule has 0 saturated carbocycles. The summed E-state index contributed by atoms with van der Waals surface area (Å²) in [5.41, 5.74) is 0.648. The second-order valence-corrected chi connectivity index (χ2v) is 5.81. The molecule has 1 heterocycles. The largest absolute Gasteiger partial charge is 0.368 e. The van der Waals surface area contributed by atoms with Crippen LogP contribution >= 0.6 is 11.6 Å². The first-order valence-electron chi connectivity index (χ1n) is 7.51. The van der Waals surface area contributed by atoms with Gasteiger partial charge >= 0.3 is 6.03 Å². The molecule has 24 heavy (non-hydrogen) atoms. The van der Waals surface area contributed by atoms with E-state index < -0.39 is 0 Å². The first-order chi connectivity index (χ1) is 11.4. The Kier molecular flexibility index (Phi) is 6.20. The number of benzene rings is 1. The van der Waals surface area contributed by atoms with Crippen molar-refractivity contribution in [1.29, 1.82) is 0 Å². The summed E-state index contributed by atoms with van der Waals surface area (Å²) in [4.78, 5) is 22.4. The number of hydrogen-bond donors (Lipinski definition) is 3. The Morgan fingerprint density at radius 2 is 2.00 bits per heavy atom. The summed E-state index contributed by atoms with van der Waals surface area (Å²) in [6, 6.07) is 8.56. The second kappa shape index (κ2) is 8.35. The third-order valence-corrected chi connectivity index (χ3v) is 3.32. The molecule has 0 aliphatic carbocycles. The highest BCUT2D eigenvalue weighted by Gasteiger charge is 2.04. The average Bonchev–Trinajstić information content (AvgIpc) is 2.51. The Bertz CT molecular complexity index is 707. The highest BCUT2D eigenvalue weighted by Crippen LogP contribution is 2.14. The molecule has 0 bridgehead atoms. The van der Waals surface area contributed by atoms with E-state index in [0.29, 0.717) is 29.6 Å². The van der Waals surface area contributed by atoms with Gasteiger partial charge in [0.25, 0.3) is 0 Å². The molecule has 0 fully saturated rings. The molecule has 2 rings (SSSR count). The molecular weight excluding hydrogens is 328 g/mol. The van der Waals surface area contributed by atoms with Gasteiger partial charge in [-0.25, -0.2) is 14.8 Å². The molecule has 0 saturated heterocycles. The minimum atomic E-state index is -0.285. The molecule has 128 valence electrons. The van der Waals surface area contributed by atoms with Gasteiger partial charge in [0.15, 0.2) is 0 Å². The van der Waals surface area contributed by atoms with Crippen molar-refractivity contribution in [1.82, 2.24) is 15.3 Å². The highest BCUT2D eigenvalue weighted by atomic mass is 35.5. The van der Waals surface area contributed by atoms with Crippen molar-refractivity contribution in [3.05, 3.63) is 41.2 Å². The van der Waals surface area contributed by atoms with Gasteiger partial charge in [0.05, 0.1) is 0 Å². The van der Waals surface area contributed by atoms with E-state index in [1.807, 2.05) is 32.0 Å². The number of rotatable bonds is 6. The van der Waals surface area contributed by atoms with Gasteiger partial charge < -0.3 is 20.9 Å². The van der Waals surface area contributed by atoms with E-state index in [4.69, 9.17) is 11.6 Å². The van der Waals surface area contributed by atoms with Crippen molar-refractivity contribution in [3.8, 4) is 0 Å². The summed E-state index contributed by atoms with van der Waals surface area (Å²) in [6.45, 7) is 2.84. The SMILES string of the molecule is Cc1nc(NCCNC(=O)Nc2cccc(Cl)c2)cc(N(C)C)n1. The minimum Gasteiger partial charge on any atom is -0.368 e. The molecule has 0 unspecified atom stereocenters. The van der Waals surface area contributed by atoms with Gasteiger partial charge in [-0.05, 0) is 25.1 Å². The molecule has 8 heteroatoms. The van der Waals surface area contributed by atoms with Gasteiger partial charge in [-0.15, -0.1) is 0 Å². The van der Waals surface area contributed by atoms with Crippen molar-refractivity contribution in [2.24, 2.45) is 0 Å². The molecule has 1 aromatic carbocycles. The first-order valence-corrected chi connectivity index (χ1v) is 7.89. The van der Waals surface area contributed by atoms with Crippen LogP contribution in [0.5, 0.6) is 0 Å². The van der Waals surface area contributed by atoms with E-state index in [9.17, 15) is 4.79 Å². The summed E-state index contributed by atoms with van der Waals surface area (Å²) in [5, 5.41) is 9.23. The normalized spacial score (nSPS) is 10.2. The van der Waals surface area contributed by atoms with E-state index in [2.05, 4.69) is 25.9 Å². The van der Waals surface area contributed by atoms with Crippen LogP contribution in [0.4, 0.5) is 22.1 Å². The Hall–Kier alpha value is -2.54. The van der Waals surface area contributed by atoms with Crippen molar-refractivity contribution in [3.63, 3.8) is 0 Å². The molecule has 2 aromatic rings. The molecule has 0 aliphatic rings. The Balaban J connectivity index is 1.77. The maximum Gasteiger partial charge on any atom is 0.319 e. The lowest BCUT2D eigenvalue weighted by Gasteiger charge is -2.14. The lowest BCUT2D eigenvalue weighted by Crippen LogP contribution is -2.32. The van der Waals surface area contributed by atoms with Crippen molar-refractivity contribution in [2.45, 2.75) is 6.92 Å². The van der Waals surface area contributed by atoms with Crippen molar-refractivity contribution >= 4 is 35.0 Å². The van der Waals surface area contributed by atoms with Crippen LogP contribution in [-0.2, 0) is 0 Å². The zero-order valence-corrected chi connectivity index (χ0v) is 14.7. The summed E-state index contributed by atoms with van der Waals surface area (Å²) < 4.78 is 0. The molecule has 0 radical (unpaired) electrons. The number of nitrogens with zero attached hydrogens (tertiary/aromatic N) is 3. The predicted octanol–water partition coefficient (Wildman–Crippen LogP) is 2.74. The van der Waals surface area contributed by atoms with E-state index in [1.54, 1.807) is 24.3 Å². The van der Waals surface area contributed by atoms with Crippen LogP contribution in [-0.4, -0.2) is 43.2 Å². The smallest absolute Gasteiger partial charge is 0.319 e. The number of hydrogen-bond acceptors (Lipinski definition) is 5. The maximum atomic E-state index is 11.8.